The SMILES string of the molecule is C=C/C=C\C(=C)C(C)(C)S. The average Bonchev–Trinajstić information content (AvgIpc) is 1.80. The molecule has 0 rings (SSSR count). The molecule has 10 heavy (non-hydrogen) atoms. The maximum absolute atomic E-state index is 4.34. The lowest BCUT2D eigenvalue weighted by molar-refractivity contribution is 0.870. The Morgan fingerprint density at radius 3 is 2.30 bits per heavy atom. The van der Waals surface area contributed by atoms with Gasteiger partial charge in [-0.2, -0.15) is 12.6 Å². The summed E-state index contributed by atoms with van der Waals surface area (Å²) in [5.41, 5.74) is 0.996. The quantitative estimate of drug-likeness (QED) is 0.469. The van der Waals surface area contributed by atoms with Crippen molar-refractivity contribution in [3.05, 3.63) is 37.0 Å². The molecular weight excluding hydrogens is 140 g/mol. The molecule has 0 bridgehead atoms. The van der Waals surface area contributed by atoms with E-state index in [0.717, 1.165) is 5.57 Å². The van der Waals surface area contributed by atoms with Gasteiger partial charge < -0.3 is 0 Å². The van der Waals surface area contributed by atoms with Gasteiger partial charge in [0.25, 0.3) is 0 Å². The van der Waals surface area contributed by atoms with E-state index in [1.165, 1.54) is 0 Å². The van der Waals surface area contributed by atoms with E-state index in [-0.39, 0.29) is 4.75 Å². The summed E-state index contributed by atoms with van der Waals surface area (Å²) in [7, 11) is 0. The van der Waals surface area contributed by atoms with Gasteiger partial charge >= 0.3 is 0 Å². The summed E-state index contributed by atoms with van der Waals surface area (Å²) in [6.07, 6.45) is 5.50. The molecule has 0 saturated heterocycles. The largest absolute Gasteiger partial charge is 0.168 e. The normalized spacial score (nSPS) is 11.9. The maximum Gasteiger partial charge on any atom is 0.0316 e. The highest BCUT2D eigenvalue weighted by Gasteiger charge is 2.12. The van der Waals surface area contributed by atoms with Crippen LogP contribution in [0.5, 0.6) is 0 Å². The van der Waals surface area contributed by atoms with E-state index in [2.05, 4.69) is 25.8 Å². The molecule has 0 radical (unpaired) electrons. The summed E-state index contributed by atoms with van der Waals surface area (Å²) in [5.74, 6) is 0. The van der Waals surface area contributed by atoms with Gasteiger partial charge in [0, 0.05) is 4.75 Å². The van der Waals surface area contributed by atoms with E-state index in [1.54, 1.807) is 6.08 Å². The van der Waals surface area contributed by atoms with Crippen molar-refractivity contribution < 1.29 is 0 Å². The van der Waals surface area contributed by atoms with Crippen LogP contribution < -0.4 is 0 Å². The molecule has 0 aliphatic carbocycles. The average molecular weight is 154 g/mol. The molecule has 0 unspecified atom stereocenters. The number of thiol groups is 1. The highest BCUT2D eigenvalue weighted by Crippen LogP contribution is 2.22. The minimum absolute atomic E-state index is 0.125. The second kappa shape index (κ2) is 3.67. The van der Waals surface area contributed by atoms with Crippen LogP contribution in [0.25, 0.3) is 0 Å². The third-order valence-corrected chi connectivity index (χ3v) is 1.51. The molecule has 0 fully saturated rings. The molecule has 0 aliphatic heterocycles. The molecule has 0 nitrogen and oxygen atoms in total. The van der Waals surface area contributed by atoms with Gasteiger partial charge in [-0.15, -0.1) is 0 Å². The first-order chi connectivity index (χ1) is 4.48. The summed E-state index contributed by atoms with van der Waals surface area (Å²) >= 11 is 4.34. The lowest BCUT2D eigenvalue weighted by atomic mass is 10.0. The molecule has 0 aromatic heterocycles. The molecule has 0 heterocycles. The van der Waals surface area contributed by atoms with Crippen LogP contribution in [-0.4, -0.2) is 4.75 Å². The molecule has 0 aromatic carbocycles. The molecule has 0 aromatic rings. The summed E-state index contributed by atoms with van der Waals surface area (Å²) < 4.78 is -0.125. The summed E-state index contributed by atoms with van der Waals surface area (Å²) in [4.78, 5) is 0. The zero-order valence-corrected chi connectivity index (χ0v) is 7.49. The van der Waals surface area contributed by atoms with E-state index in [9.17, 15) is 0 Å². The highest BCUT2D eigenvalue weighted by molar-refractivity contribution is 7.82. The van der Waals surface area contributed by atoms with Gasteiger partial charge in [-0.25, -0.2) is 0 Å². The lowest BCUT2D eigenvalue weighted by Crippen LogP contribution is -2.11. The van der Waals surface area contributed by atoms with E-state index in [1.807, 2.05) is 26.0 Å². The molecule has 0 atom stereocenters. The van der Waals surface area contributed by atoms with Gasteiger partial charge in [0.1, 0.15) is 0 Å². The highest BCUT2D eigenvalue weighted by atomic mass is 32.1. The zero-order chi connectivity index (χ0) is 8.20. The summed E-state index contributed by atoms with van der Waals surface area (Å²) in [6.45, 7) is 11.4. The van der Waals surface area contributed by atoms with Gasteiger partial charge in [0.05, 0.1) is 0 Å². The van der Waals surface area contributed by atoms with Crippen LogP contribution in [0, 0.1) is 0 Å². The van der Waals surface area contributed by atoms with E-state index >= 15 is 0 Å². The van der Waals surface area contributed by atoms with Crippen molar-refractivity contribution in [3.8, 4) is 0 Å². The van der Waals surface area contributed by atoms with Crippen molar-refractivity contribution in [1.82, 2.24) is 0 Å². The monoisotopic (exact) mass is 154 g/mol. The van der Waals surface area contributed by atoms with Crippen molar-refractivity contribution in [1.29, 1.82) is 0 Å². The first-order valence-electron chi connectivity index (χ1n) is 3.19. The first-order valence-corrected chi connectivity index (χ1v) is 3.64. The maximum atomic E-state index is 4.34. The molecule has 1 heteroatoms. The second-order valence-corrected chi connectivity index (χ2v) is 3.80. The summed E-state index contributed by atoms with van der Waals surface area (Å²) in [6, 6.07) is 0. The third-order valence-electron chi connectivity index (χ3n) is 1.22. The number of hydrogen-bond acceptors (Lipinski definition) is 1. The van der Waals surface area contributed by atoms with Crippen LogP contribution in [0.15, 0.2) is 37.0 Å². The first kappa shape index (κ1) is 9.57. The summed E-state index contributed by atoms with van der Waals surface area (Å²) in [5, 5.41) is 0. The molecule has 0 spiro atoms. The fourth-order valence-electron chi connectivity index (χ4n) is 0.388. The Labute approximate surface area is 68.7 Å². The third kappa shape index (κ3) is 3.57. The predicted molar refractivity (Wildman–Crippen MR) is 51.5 cm³/mol. The van der Waals surface area contributed by atoms with Crippen molar-refractivity contribution in [2.75, 3.05) is 0 Å². The molecule has 0 amide bonds. The fraction of sp³-hybridized carbons (Fsp3) is 0.333. The van der Waals surface area contributed by atoms with Crippen molar-refractivity contribution in [2.24, 2.45) is 0 Å². The fourth-order valence-corrected chi connectivity index (χ4v) is 0.463. The van der Waals surface area contributed by atoms with E-state index in [4.69, 9.17) is 0 Å². The zero-order valence-electron chi connectivity index (χ0n) is 6.59. The Balaban J connectivity index is 4.11. The molecule has 0 saturated carbocycles. The van der Waals surface area contributed by atoms with Crippen LogP contribution >= 0.6 is 12.6 Å². The lowest BCUT2D eigenvalue weighted by Gasteiger charge is -2.17. The number of rotatable bonds is 3. The van der Waals surface area contributed by atoms with Crippen molar-refractivity contribution in [2.45, 2.75) is 18.6 Å². The smallest absolute Gasteiger partial charge is 0.0316 e. The Morgan fingerprint density at radius 2 is 2.00 bits per heavy atom. The standard InChI is InChI=1S/C9H14S/c1-5-6-7-8(2)9(3,4)10/h5-7,10H,1-2H2,3-4H3/b7-6-. The van der Waals surface area contributed by atoms with Crippen molar-refractivity contribution in [3.63, 3.8) is 0 Å². The molecule has 56 valence electrons. The van der Waals surface area contributed by atoms with Crippen molar-refractivity contribution >= 4 is 12.6 Å². The minimum atomic E-state index is -0.125. The van der Waals surface area contributed by atoms with Crippen LogP contribution in [-0.2, 0) is 0 Å². The Hall–Kier alpha value is -0.430. The molecular formula is C9H14S. The van der Waals surface area contributed by atoms with Crippen LogP contribution in [0.2, 0.25) is 0 Å². The Morgan fingerprint density at radius 1 is 1.50 bits per heavy atom. The van der Waals surface area contributed by atoms with Gasteiger partial charge in [0.2, 0.25) is 0 Å². The number of hydrogen-bond donors (Lipinski definition) is 1. The van der Waals surface area contributed by atoms with Gasteiger partial charge in [-0.05, 0) is 19.4 Å². The van der Waals surface area contributed by atoms with Gasteiger partial charge in [-0.3, -0.25) is 0 Å². The molecule has 0 aliphatic rings. The Kier molecular flexibility index (Phi) is 3.51. The second-order valence-electron chi connectivity index (χ2n) is 2.68. The van der Waals surface area contributed by atoms with Crippen LogP contribution in [0.4, 0.5) is 0 Å². The minimum Gasteiger partial charge on any atom is -0.168 e. The Bertz CT molecular complexity index is 158. The number of allylic oxidation sites excluding steroid dienone is 3. The topological polar surface area (TPSA) is 0 Å². The molecule has 0 N–H and O–H groups in total. The van der Waals surface area contributed by atoms with Crippen LogP contribution in [0.3, 0.4) is 0 Å². The van der Waals surface area contributed by atoms with Gasteiger partial charge in [-0.1, -0.05) is 31.4 Å². The van der Waals surface area contributed by atoms with E-state index in [0.29, 0.717) is 0 Å². The van der Waals surface area contributed by atoms with Gasteiger partial charge in [0.15, 0.2) is 0 Å². The van der Waals surface area contributed by atoms with E-state index < -0.39 is 0 Å². The predicted octanol–water partition coefficient (Wildman–Crippen LogP) is 2.99. The van der Waals surface area contributed by atoms with Crippen LogP contribution in [0.1, 0.15) is 13.8 Å².